The molecule has 122 valence electrons. The molecule has 0 aliphatic rings. The lowest BCUT2D eigenvalue weighted by atomic mass is 10.3. The van der Waals surface area contributed by atoms with Crippen LogP contribution in [0.3, 0.4) is 0 Å². The smallest absolute Gasteiger partial charge is 0.236 e. The molecular formula is C17H16N4O2S. The van der Waals surface area contributed by atoms with Crippen molar-refractivity contribution >= 4 is 28.3 Å². The van der Waals surface area contributed by atoms with E-state index in [0.717, 1.165) is 21.6 Å². The van der Waals surface area contributed by atoms with Crippen molar-refractivity contribution in [1.82, 2.24) is 14.5 Å². The number of nitrogens with one attached hydrogen (secondary N) is 1. The Bertz CT molecular complexity index is 943. The maximum absolute atomic E-state index is 9.07. The number of rotatable bonds is 6. The minimum Gasteiger partial charge on any atom is -0.443 e. The van der Waals surface area contributed by atoms with Crippen LogP contribution in [0.4, 0.5) is 5.95 Å². The van der Waals surface area contributed by atoms with E-state index in [2.05, 4.69) is 15.3 Å². The van der Waals surface area contributed by atoms with Gasteiger partial charge in [-0.3, -0.25) is 0 Å². The van der Waals surface area contributed by atoms with Gasteiger partial charge in [0.1, 0.15) is 6.26 Å². The van der Waals surface area contributed by atoms with E-state index in [-0.39, 0.29) is 6.61 Å². The third kappa shape index (κ3) is 2.79. The van der Waals surface area contributed by atoms with E-state index >= 15 is 0 Å². The van der Waals surface area contributed by atoms with Gasteiger partial charge >= 0.3 is 0 Å². The van der Waals surface area contributed by atoms with Gasteiger partial charge < -0.3 is 19.4 Å². The molecular weight excluding hydrogens is 324 g/mol. The van der Waals surface area contributed by atoms with E-state index < -0.39 is 0 Å². The SMILES string of the molecule is OCCNc1nc2ccccc2n1Cc1coc(-c2cccs2)n1. The molecule has 0 atom stereocenters. The minimum atomic E-state index is 0.0513. The Morgan fingerprint density at radius 1 is 1.17 bits per heavy atom. The van der Waals surface area contributed by atoms with E-state index in [1.165, 1.54) is 0 Å². The first-order chi connectivity index (χ1) is 11.8. The number of aliphatic hydroxyl groups excluding tert-OH is 1. The van der Waals surface area contributed by atoms with Gasteiger partial charge in [-0.2, -0.15) is 0 Å². The predicted molar refractivity (Wildman–Crippen MR) is 94.2 cm³/mol. The van der Waals surface area contributed by atoms with Gasteiger partial charge in [0.15, 0.2) is 0 Å². The number of hydrogen-bond donors (Lipinski definition) is 2. The first-order valence-electron chi connectivity index (χ1n) is 7.63. The second-order valence-electron chi connectivity index (χ2n) is 5.28. The summed E-state index contributed by atoms with van der Waals surface area (Å²) in [6, 6.07) is 11.9. The molecule has 1 aromatic carbocycles. The summed E-state index contributed by atoms with van der Waals surface area (Å²) >= 11 is 1.60. The third-order valence-electron chi connectivity index (χ3n) is 3.65. The summed E-state index contributed by atoms with van der Waals surface area (Å²) in [7, 11) is 0. The summed E-state index contributed by atoms with van der Waals surface area (Å²) in [5.41, 5.74) is 2.74. The van der Waals surface area contributed by atoms with Crippen LogP contribution in [0, 0.1) is 0 Å². The Morgan fingerprint density at radius 2 is 2.08 bits per heavy atom. The Balaban J connectivity index is 1.68. The summed E-state index contributed by atoms with van der Waals surface area (Å²) in [5.74, 6) is 1.35. The normalized spacial score (nSPS) is 11.2. The van der Waals surface area contributed by atoms with Crippen LogP contribution < -0.4 is 5.32 Å². The summed E-state index contributed by atoms with van der Waals surface area (Å²) in [5, 5.41) is 14.2. The molecule has 0 spiro atoms. The predicted octanol–water partition coefficient (Wildman–Crippen LogP) is 3.21. The number of nitrogens with zero attached hydrogens (tertiary/aromatic N) is 3. The fourth-order valence-corrected chi connectivity index (χ4v) is 3.25. The fourth-order valence-electron chi connectivity index (χ4n) is 2.59. The number of thiophene rings is 1. The van der Waals surface area contributed by atoms with Crippen molar-refractivity contribution in [3.05, 3.63) is 53.7 Å². The van der Waals surface area contributed by atoms with Crippen LogP contribution in [0.15, 0.2) is 52.5 Å². The lowest BCUT2D eigenvalue weighted by Crippen LogP contribution is -2.12. The monoisotopic (exact) mass is 340 g/mol. The summed E-state index contributed by atoms with van der Waals surface area (Å²) in [4.78, 5) is 10.2. The highest BCUT2D eigenvalue weighted by atomic mass is 32.1. The molecule has 0 saturated heterocycles. The third-order valence-corrected chi connectivity index (χ3v) is 4.51. The molecule has 0 bridgehead atoms. The number of imidazole rings is 1. The topological polar surface area (TPSA) is 76.1 Å². The van der Waals surface area contributed by atoms with Crippen LogP contribution in [-0.2, 0) is 6.54 Å². The van der Waals surface area contributed by atoms with Gasteiger partial charge in [-0.1, -0.05) is 18.2 Å². The quantitative estimate of drug-likeness (QED) is 0.564. The van der Waals surface area contributed by atoms with Crippen LogP contribution in [0.25, 0.3) is 21.8 Å². The van der Waals surface area contributed by atoms with Gasteiger partial charge in [0, 0.05) is 6.54 Å². The van der Waals surface area contributed by atoms with Crippen LogP contribution >= 0.6 is 11.3 Å². The summed E-state index contributed by atoms with van der Waals surface area (Å²) in [6.07, 6.45) is 1.68. The van der Waals surface area contributed by atoms with Crippen LogP contribution in [0.1, 0.15) is 5.69 Å². The van der Waals surface area contributed by atoms with Gasteiger partial charge in [-0.15, -0.1) is 11.3 Å². The molecule has 2 N–H and O–H groups in total. The number of aromatic nitrogens is 3. The first kappa shape index (κ1) is 14.9. The van der Waals surface area contributed by atoms with Crippen molar-refractivity contribution in [2.45, 2.75) is 6.54 Å². The van der Waals surface area contributed by atoms with E-state index in [1.807, 2.05) is 46.3 Å². The summed E-state index contributed by atoms with van der Waals surface area (Å²) < 4.78 is 7.64. The lowest BCUT2D eigenvalue weighted by Gasteiger charge is -2.08. The number of hydrogen-bond acceptors (Lipinski definition) is 6. The molecule has 3 heterocycles. The number of benzene rings is 1. The van der Waals surface area contributed by atoms with Crippen molar-refractivity contribution in [3.63, 3.8) is 0 Å². The minimum absolute atomic E-state index is 0.0513. The van der Waals surface area contributed by atoms with Gasteiger partial charge in [0.05, 0.1) is 34.8 Å². The Labute approximate surface area is 142 Å². The molecule has 0 radical (unpaired) electrons. The number of fused-ring (bicyclic) bond motifs is 1. The van der Waals surface area contributed by atoms with E-state index in [9.17, 15) is 0 Å². The molecule has 3 aromatic heterocycles. The van der Waals surface area contributed by atoms with Crippen molar-refractivity contribution in [2.75, 3.05) is 18.5 Å². The highest BCUT2D eigenvalue weighted by Gasteiger charge is 2.13. The van der Waals surface area contributed by atoms with E-state index in [4.69, 9.17) is 9.52 Å². The average Bonchev–Trinajstić information content (AvgIpc) is 3.33. The molecule has 7 heteroatoms. The Morgan fingerprint density at radius 3 is 2.92 bits per heavy atom. The zero-order valence-corrected chi connectivity index (χ0v) is 13.7. The second kappa shape index (κ2) is 6.46. The number of aliphatic hydroxyl groups is 1. The van der Waals surface area contributed by atoms with Crippen molar-refractivity contribution in [1.29, 1.82) is 0 Å². The number of oxazole rings is 1. The van der Waals surface area contributed by atoms with Crippen LogP contribution in [-0.4, -0.2) is 32.8 Å². The van der Waals surface area contributed by atoms with Crippen LogP contribution in [0.2, 0.25) is 0 Å². The van der Waals surface area contributed by atoms with Gasteiger partial charge in [-0.25, -0.2) is 9.97 Å². The van der Waals surface area contributed by atoms with Crippen molar-refractivity contribution in [2.24, 2.45) is 0 Å². The molecule has 6 nitrogen and oxygen atoms in total. The van der Waals surface area contributed by atoms with E-state index in [0.29, 0.717) is 24.9 Å². The molecule has 0 saturated carbocycles. The van der Waals surface area contributed by atoms with Gasteiger partial charge in [0.25, 0.3) is 0 Å². The molecule has 0 aliphatic heterocycles. The van der Waals surface area contributed by atoms with Gasteiger partial charge in [0.2, 0.25) is 11.8 Å². The van der Waals surface area contributed by atoms with Gasteiger partial charge in [-0.05, 0) is 23.6 Å². The standard InChI is InChI=1S/C17H16N4O2S/c22-8-7-18-17-20-13-4-1-2-5-14(13)21(17)10-12-11-23-16(19-12)15-6-3-9-24-15/h1-6,9,11,22H,7-8,10H2,(H,18,20). The molecule has 24 heavy (non-hydrogen) atoms. The summed E-state index contributed by atoms with van der Waals surface area (Å²) in [6.45, 7) is 1.04. The fraction of sp³-hybridized carbons (Fsp3) is 0.176. The van der Waals surface area contributed by atoms with Crippen molar-refractivity contribution < 1.29 is 9.52 Å². The zero-order chi connectivity index (χ0) is 16.4. The zero-order valence-electron chi connectivity index (χ0n) is 12.8. The molecule has 4 aromatic rings. The largest absolute Gasteiger partial charge is 0.443 e. The molecule has 0 unspecified atom stereocenters. The number of anilines is 1. The molecule has 0 fully saturated rings. The highest BCUT2D eigenvalue weighted by molar-refractivity contribution is 7.13. The second-order valence-corrected chi connectivity index (χ2v) is 6.23. The number of para-hydroxylation sites is 2. The Kier molecular flexibility index (Phi) is 4.02. The molecule has 0 aliphatic carbocycles. The lowest BCUT2D eigenvalue weighted by molar-refractivity contribution is 0.310. The average molecular weight is 340 g/mol. The highest BCUT2D eigenvalue weighted by Crippen LogP contribution is 2.25. The maximum atomic E-state index is 9.07. The first-order valence-corrected chi connectivity index (χ1v) is 8.51. The molecule has 0 amide bonds. The Hall–Kier alpha value is -2.64. The molecule has 4 rings (SSSR count). The van der Waals surface area contributed by atoms with E-state index in [1.54, 1.807) is 17.6 Å². The van der Waals surface area contributed by atoms with Crippen LogP contribution in [0.5, 0.6) is 0 Å². The van der Waals surface area contributed by atoms with Crippen molar-refractivity contribution in [3.8, 4) is 10.8 Å². The maximum Gasteiger partial charge on any atom is 0.236 e.